The predicted octanol–water partition coefficient (Wildman–Crippen LogP) is 13.0. The first kappa shape index (κ1) is 53.5. The third-order valence-electron chi connectivity index (χ3n) is 11.4. The minimum Gasteiger partial charge on any atom is -0.466 e. The summed E-state index contributed by atoms with van der Waals surface area (Å²) in [6, 6.07) is 0. The number of nitrogens with zero attached hydrogens (tertiary/aromatic N) is 1. The first-order chi connectivity index (χ1) is 26.7. The molecule has 326 valence electrons. The summed E-state index contributed by atoms with van der Waals surface area (Å²) < 4.78 is 11.6. The molecule has 0 amide bonds. The number of aliphatic hydroxyl groups excluding tert-OH is 1. The Bertz CT molecular complexity index is 878. The van der Waals surface area contributed by atoms with Crippen LogP contribution in [0.15, 0.2) is 0 Å². The van der Waals surface area contributed by atoms with Gasteiger partial charge in [0.1, 0.15) is 11.9 Å². The van der Waals surface area contributed by atoms with Crippen molar-refractivity contribution in [1.82, 2.24) is 4.90 Å². The maximum atomic E-state index is 12.9. The Labute approximate surface area is 341 Å². The maximum Gasteiger partial charge on any atom is 0.306 e. The quantitative estimate of drug-likeness (QED) is 0.0487. The van der Waals surface area contributed by atoms with Crippen molar-refractivity contribution >= 4 is 17.7 Å². The second kappa shape index (κ2) is 39.4. The first-order valence-electron chi connectivity index (χ1n) is 23.9. The normalized spacial score (nSPS) is 13.3. The molecule has 3 unspecified atom stereocenters. The van der Waals surface area contributed by atoms with Crippen LogP contribution in [0, 0.1) is 17.8 Å². The van der Waals surface area contributed by atoms with Gasteiger partial charge in [-0.25, -0.2) is 0 Å². The Morgan fingerprint density at radius 2 is 1.09 bits per heavy atom. The van der Waals surface area contributed by atoms with Gasteiger partial charge < -0.3 is 14.6 Å². The van der Waals surface area contributed by atoms with Crippen molar-refractivity contribution in [3.05, 3.63) is 0 Å². The molecule has 0 aromatic rings. The van der Waals surface area contributed by atoms with Gasteiger partial charge in [0.15, 0.2) is 0 Å². The number of Topliss-reactive ketones (excluding diaryl/α,β-unsaturated/α-hetero) is 1. The molecule has 0 aliphatic rings. The van der Waals surface area contributed by atoms with Gasteiger partial charge in [-0.05, 0) is 101 Å². The number of ether oxygens (including phenoxy) is 2. The van der Waals surface area contributed by atoms with Gasteiger partial charge in [-0.1, -0.05) is 144 Å². The second-order valence-electron chi connectivity index (χ2n) is 17.3. The highest BCUT2D eigenvalue weighted by molar-refractivity contribution is 5.80. The van der Waals surface area contributed by atoms with Crippen LogP contribution in [0.4, 0.5) is 0 Å². The summed E-state index contributed by atoms with van der Waals surface area (Å²) in [6.45, 7) is 16.4. The highest BCUT2D eigenvalue weighted by atomic mass is 16.5. The summed E-state index contributed by atoms with van der Waals surface area (Å²) in [5.74, 6) is 1.96. The van der Waals surface area contributed by atoms with Crippen LogP contribution < -0.4 is 0 Å². The molecule has 0 saturated carbocycles. The molecule has 3 atom stereocenters. The molecule has 0 rings (SSSR count). The van der Waals surface area contributed by atoms with E-state index < -0.39 is 0 Å². The average Bonchev–Trinajstić information content (AvgIpc) is 3.15. The molecule has 0 aliphatic carbocycles. The number of ketones is 1. The average molecular weight is 780 g/mol. The summed E-state index contributed by atoms with van der Waals surface area (Å²) in [7, 11) is 0. The molecule has 7 nitrogen and oxygen atoms in total. The van der Waals surface area contributed by atoms with Crippen molar-refractivity contribution in [2.45, 2.75) is 240 Å². The SMILES string of the molecule is CCCCCCCC(CCCCC)CCOC(=O)CCCCC(=O)CN(CCCCCO)CCCCCCC(=O)OC(CCC(CC)CCCC)CC(C)C. The molecule has 0 fully saturated rings. The first-order valence-corrected chi connectivity index (χ1v) is 23.9. The van der Waals surface area contributed by atoms with Gasteiger partial charge in [0, 0.05) is 25.9 Å². The molecule has 0 saturated heterocycles. The summed E-state index contributed by atoms with van der Waals surface area (Å²) >= 11 is 0. The predicted molar refractivity (Wildman–Crippen MR) is 232 cm³/mol. The van der Waals surface area contributed by atoms with E-state index in [4.69, 9.17) is 9.47 Å². The van der Waals surface area contributed by atoms with E-state index in [-0.39, 0.29) is 30.4 Å². The van der Waals surface area contributed by atoms with Crippen molar-refractivity contribution in [1.29, 1.82) is 0 Å². The molecule has 0 spiro atoms. The minimum atomic E-state index is -0.125. The fourth-order valence-corrected chi connectivity index (χ4v) is 7.80. The molecule has 0 aromatic heterocycles. The van der Waals surface area contributed by atoms with E-state index in [1.165, 1.54) is 89.9 Å². The Kier molecular flexibility index (Phi) is 38.3. The van der Waals surface area contributed by atoms with Crippen LogP contribution in [0.5, 0.6) is 0 Å². The van der Waals surface area contributed by atoms with E-state index in [1.807, 2.05) is 0 Å². The van der Waals surface area contributed by atoms with Crippen molar-refractivity contribution in [2.75, 3.05) is 32.8 Å². The number of carbonyl (C=O) groups is 3. The number of hydrogen-bond acceptors (Lipinski definition) is 7. The maximum absolute atomic E-state index is 12.9. The van der Waals surface area contributed by atoms with E-state index in [2.05, 4.69) is 46.4 Å². The standard InChI is InChI=1S/C48H93NO6/c1-7-11-14-15-20-29-44(28-19-12-8-2)35-39-54-47(52)31-23-22-30-45(51)41-49(37-25-18-26-38-50)36-24-17-16-21-32-48(53)55-46(40-42(5)6)34-33-43(10-4)27-13-9-3/h42-44,46,50H,7-41H2,1-6H3. The summed E-state index contributed by atoms with van der Waals surface area (Å²) in [5, 5.41) is 9.21. The molecular formula is C48H93NO6. The Balaban J connectivity index is 4.49. The van der Waals surface area contributed by atoms with E-state index in [0.29, 0.717) is 50.7 Å². The summed E-state index contributed by atoms with van der Waals surface area (Å²) in [6.07, 6.45) is 31.2. The lowest BCUT2D eigenvalue weighted by Crippen LogP contribution is -2.32. The molecule has 0 bridgehead atoms. The third-order valence-corrected chi connectivity index (χ3v) is 11.4. The third kappa shape index (κ3) is 35.4. The van der Waals surface area contributed by atoms with Gasteiger partial charge in [0.2, 0.25) is 0 Å². The van der Waals surface area contributed by atoms with Crippen molar-refractivity contribution in [3.63, 3.8) is 0 Å². The number of aliphatic hydroxyl groups is 1. The van der Waals surface area contributed by atoms with E-state index >= 15 is 0 Å². The van der Waals surface area contributed by atoms with Gasteiger partial charge >= 0.3 is 11.9 Å². The fourth-order valence-electron chi connectivity index (χ4n) is 7.80. The Morgan fingerprint density at radius 1 is 0.545 bits per heavy atom. The lowest BCUT2D eigenvalue weighted by molar-refractivity contribution is -0.150. The molecular weight excluding hydrogens is 687 g/mol. The van der Waals surface area contributed by atoms with E-state index in [1.54, 1.807) is 0 Å². The Hall–Kier alpha value is -1.47. The zero-order chi connectivity index (χ0) is 40.8. The van der Waals surface area contributed by atoms with Gasteiger partial charge in [-0.15, -0.1) is 0 Å². The van der Waals surface area contributed by atoms with Crippen LogP contribution in [-0.2, 0) is 23.9 Å². The van der Waals surface area contributed by atoms with Crippen LogP contribution in [0.3, 0.4) is 0 Å². The Morgan fingerprint density at radius 3 is 1.75 bits per heavy atom. The molecule has 0 heterocycles. The lowest BCUT2D eigenvalue weighted by Gasteiger charge is -2.23. The molecule has 1 N–H and O–H groups in total. The minimum absolute atomic E-state index is 0.0338. The second-order valence-corrected chi connectivity index (χ2v) is 17.3. The van der Waals surface area contributed by atoms with Gasteiger partial charge in [-0.3, -0.25) is 19.3 Å². The molecule has 0 aromatic carbocycles. The number of esters is 2. The van der Waals surface area contributed by atoms with Gasteiger partial charge in [0.05, 0.1) is 13.2 Å². The smallest absolute Gasteiger partial charge is 0.306 e. The number of hydrogen-bond donors (Lipinski definition) is 1. The topological polar surface area (TPSA) is 93.1 Å². The zero-order valence-corrected chi connectivity index (χ0v) is 37.5. The largest absolute Gasteiger partial charge is 0.466 e. The van der Waals surface area contributed by atoms with Crippen molar-refractivity contribution in [2.24, 2.45) is 17.8 Å². The molecule has 0 radical (unpaired) electrons. The van der Waals surface area contributed by atoms with Crippen LogP contribution in [-0.4, -0.2) is 66.7 Å². The van der Waals surface area contributed by atoms with Crippen LogP contribution >= 0.6 is 0 Å². The van der Waals surface area contributed by atoms with Crippen LogP contribution in [0.1, 0.15) is 234 Å². The summed E-state index contributed by atoms with van der Waals surface area (Å²) in [5.41, 5.74) is 0. The van der Waals surface area contributed by atoms with Gasteiger partial charge in [-0.2, -0.15) is 0 Å². The lowest BCUT2D eigenvalue weighted by atomic mass is 9.91. The van der Waals surface area contributed by atoms with Crippen LogP contribution in [0.2, 0.25) is 0 Å². The van der Waals surface area contributed by atoms with Crippen molar-refractivity contribution < 1.29 is 29.0 Å². The molecule has 0 aliphatic heterocycles. The van der Waals surface area contributed by atoms with Crippen LogP contribution in [0.25, 0.3) is 0 Å². The molecule has 7 heteroatoms. The monoisotopic (exact) mass is 780 g/mol. The highest BCUT2D eigenvalue weighted by Crippen LogP contribution is 2.24. The van der Waals surface area contributed by atoms with E-state index in [0.717, 1.165) is 96.1 Å². The molecule has 55 heavy (non-hydrogen) atoms. The van der Waals surface area contributed by atoms with E-state index in [9.17, 15) is 19.5 Å². The van der Waals surface area contributed by atoms with Gasteiger partial charge in [0.25, 0.3) is 0 Å². The number of rotatable bonds is 42. The fraction of sp³-hybridized carbons (Fsp3) is 0.938. The number of carbonyl (C=O) groups excluding carboxylic acids is 3. The van der Waals surface area contributed by atoms with Crippen molar-refractivity contribution in [3.8, 4) is 0 Å². The number of unbranched alkanes of at least 4 members (excludes halogenated alkanes) is 13. The zero-order valence-electron chi connectivity index (χ0n) is 37.5. The highest BCUT2D eigenvalue weighted by Gasteiger charge is 2.19. The summed E-state index contributed by atoms with van der Waals surface area (Å²) in [4.78, 5) is 40.4.